The number of carbonyl (C=O) groups is 2. The number of rotatable bonds is 5. The summed E-state index contributed by atoms with van der Waals surface area (Å²) in [5, 5.41) is 6.22. The number of aromatic nitrogens is 2. The molecule has 2 heterocycles. The summed E-state index contributed by atoms with van der Waals surface area (Å²) in [6.45, 7) is 1.70. The van der Waals surface area contributed by atoms with E-state index in [-0.39, 0.29) is 30.3 Å². The number of nitrogens with one attached hydrogen (secondary N) is 2. The molecule has 0 fully saturated rings. The van der Waals surface area contributed by atoms with Crippen LogP contribution in [0.3, 0.4) is 0 Å². The first kappa shape index (κ1) is 19.3. The lowest BCUT2D eigenvalue weighted by atomic mass is 9.97. The first-order valence-electron chi connectivity index (χ1n) is 9.68. The molecule has 0 unspecified atom stereocenters. The van der Waals surface area contributed by atoms with Crippen LogP contribution in [0.25, 0.3) is 10.2 Å². The van der Waals surface area contributed by atoms with Crippen molar-refractivity contribution in [3.63, 3.8) is 0 Å². The molecular weight excluding hydrogens is 388 g/mol. The third kappa shape index (κ3) is 4.22. The fourth-order valence-corrected chi connectivity index (χ4v) is 4.88. The molecule has 2 aromatic heterocycles. The van der Waals surface area contributed by atoms with E-state index in [0.717, 1.165) is 41.5 Å². The molecule has 7 nitrogen and oxygen atoms in total. The van der Waals surface area contributed by atoms with Gasteiger partial charge in [-0.05, 0) is 49.4 Å². The Kier molecular flexibility index (Phi) is 5.44. The van der Waals surface area contributed by atoms with Gasteiger partial charge in [-0.2, -0.15) is 0 Å². The number of nitrogens with zero attached hydrogens (tertiary/aromatic N) is 2. The van der Waals surface area contributed by atoms with Gasteiger partial charge in [-0.15, -0.1) is 11.3 Å². The lowest BCUT2D eigenvalue weighted by Gasteiger charge is -2.11. The molecule has 2 amide bonds. The van der Waals surface area contributed by atoms with Gasteiger partial charge in [-0.3, -0.25) is 19.0 Å². The summed E-state index contributed by atoms with van der Waals surface area (Å²) in [6.07, 6.45) is 5.92. The number of amides is 2. The fourth-order valence-electron chi connectivity index (χ4n) is 3.66. The molecule has 4 rings (SSSR count). The average molecular weight is 410 g/mol. The Balaban J connectivity index is 1.46. The molecule has 0 spiro atoms. The summed E-state index contributed by atoms with van der Waals surface area (Å²) in [6, 6.07) is 6.94. The van der Waals surface area contributed by atoms with Crippen LogP contribution in [0.15, 0.2) is 35.4 Å². The minimum absolute atomic E-state index is 0.0603. The van der Waals surface area contributed by atoms with Gasteiger partial charge in [0.1, 0.15) is 4.83 Å². The van der Waals surface area contributed by atoms with E-state index >= 15 is 0 Å². The van der Waals surface area contributed by atoms with Crippen LogP contribution >= 0.6 is 11.3 Å². The van der Waals surface area contributed by atoms with E-state index in [4.69, 9.17) is 0 Å². The maximum atomic E-state index is 12.9. The zero-order valence-electron chi connectivity index (χ0n) is 16.2. The van der Waals surface area contributed by atoms with Crippen molar-refractivity contribution in [1.29, 1.82) is 0 Å². The predicted molar refractivity (Wildman–Crippen MR) is 115 cm³/mol. The van der Waals surface area contributed by atoms with Crippen LogP contribution < -0.4 is 16.2 Å². The molecule has 0 bridgehead atoms. The lowest BCUT2D eigenvalue weighted by molar-refractivity contribution is -0.116. The number of hydrogen-bond donors (Lipinski definition) is 2. The first-order chi connectivity index (χ1) is 14.0. The van der Waals surface area contributed by atoms with Gasteiger partial charge in [-0.1, -0.05) is 6.07 Å². The molecule has 8 heteroatoms. The molecule has 0 aliphatic heterocycles. The van der Waals surface area contributed by atoms with Crippen molar-refractivity contribution in [2.24, 2.45) is 0 Å². The predicted octanol–water partition coefficient (Wildman–Crippen LogP) is 3.32. The Hall–Kier alpha value is -3.00. The summed E-state index contributed by atoms with van der Waals surface area (Å²) >= 11 is 1.62. The van der Waals surface area contributed by atoms with Crippen molar-refractivity contribution < 1.29 is 9.59 Å². The van der Waals surface area contributed by atoms with Crippen molar-refractivity contribution in [2.75, 3.05) is 10.6 Å². The van der Waals surface area contributed by atoms with Crippen LogP contribution in [0.1, 0.15) is 36.6 Å². The first-order valence-corrected chi connectivity index (χ1v) is 10.5. The highest BCUT2D eigenvalue weighted by molar-refractivity contribution is 7.18. The quantitative estimate of drug-likeness (QED) is 0.675. The van der Waals surface area contributed by atoms with E-state index in [1.54, 1.807) is 35.6 Å². The Morgan fingerprint density at radius 1 is 1.17 bits per heavy atom. The second-order valence-corrected chi connectivity index (χ2v) is 8.28. The number of aryl methyl sites for hydroxylation is 3. The Bertz CT molecular complexity index is 1150. The summed E-state index contributed by atoms with van der Waals surface area (Å²) < 4.78 is 1.53. The summed E-state index contributed by atoms with van der Waals surface area (Å²) in [7, 11) is 0. The largest absolute Gasteiger partial charge is 0.326 e. The zero-order chi connectivity index (χ0) is 20.4. The molecule has 0 radical (unpaired) electrons. The Morgan fingerprint density at radius 3 is 2.72 bits per heavy atom. The van der Waals surface area contributed by atoms with Crippen molar-refractivity contribution in [1.82, 2.24) is 9.55 Å². The number of carbonyl (C=O) groups excluding carboxylic acids is 2. The van der Waals surface area contributed by atoms with Gasteiger partial charge in [-0.25, -0.2) is 4.98 Å². The van der Waals surface area contributed by atoms with E-state index in [2.05, 4.69) is 15.6 Å². The van der Waals surface area contributed by atoms with Gasteiger partial charge < -0.3 is 10.6 Å². The number of benzene rings is 1. The Labute approximate surface area is 171 Å². The molecule has 29 heavy (non-hydrogen) atoms. The molecule has 3 aromatic rings. The van der Waals surface area contributed by atoms with Crippen LogP contribution in [-0.4, -0.2) is 21.4 Å². The third-order valence-electron chi connectivity index (χ3n) is 4.99. The van der Waals surface area contributed by atoms with Gasteiger partial charge in [0.25, 0.3) is 5.56 Å². The molecule has 0 atom stereocenters. The van der Waals surface area contributed by atoms with Crippen molar-refractivity contribution in [2.45, 2.75) is 45.6 Å². The minimum atomic E-state index is -0.204. The highest BCUT2D eigenvalue weighted by atomic mass is 32.1. The van der Waals surface area contributed by atoms with E-state index in [0.29, 0.717) is 11.4 Å². The molecule has 1 aliphatic rings. The molecule has 1 aliphatic carbocycles. The maximum absolute atomic E-state index is 12.9. The van der Waals surface area contributed by atoms with Crippen LogP contribution in [0.2, 0.25) is 0 Å². The monoisotopic (exact) mass is 410 g/mol. The molecule has 2 N–H and O–H groups in total. The molecule has 0 saturated heterocycles. The molecule has 0 saturated carbocycles. The SMILES string of the molecule is CC(=O)Nc1cccc(NC(=O)CCn2cnc3sc4c(c3c2=O)CCCC4)c1. The maximum Gasteiger partial charge on any atom is 0.262 e. The van der Waals surface area contributed by atoms with Crippen molar-refractivity contribution in [3.8, 4) is 0 Å². The van der Waals surface area contributed by atoms with Gasteiger partial charge in [0.05, 0.1) is 11.7 Å². The summed E-state index contributed by atoms with van der Waals surface area (Å²) in [5.41, 5.74) is 2.30. The summed E-state index contributed by atoms with van der Waals surface area (Å²) in [4.78, 5) is 43.0. The average Bonchev–Trinajstić information content (AvgIpc) is 3.06. The van der Waals surface area contributed by atoms with Crippen molar-refractivity contribution >= 4 is 44.7 Å². The highest BCUT2D eigenvalue weighted by Crippen LogP contribution is 2.33. The van der Waals surface area contributed by atoms with Gasteiger partial charge >= 0.3 is 0 Å². The zero-order valence-corrected chi connectivity index (χ0v) is 17.0. The number of hydrogen-bond acceptors (Lipinski definition) is 5. The normalized spacial score (nSPS) is 13.1. The topological polar surface area (TPSA) is 93.1 Å². The van der Waals surface area contributed by atoms with Crippen LogP contribution in [0.5, 0.6) is 0 Å². The van der Waals surface area contributed by atoms with Gasteiger partial charge in [0, 0.05) is 36.1 Å². The van der Waals surface area contributed by atoms with E-state index in [1.165, 1.54) is 22.7 Å². The smallest absolute Gasteiger partial charge is 0.262 e. The molecule has 1 aromatic carbocycles. The van der Waals surface area contributed by atoms with Crippen LogP contribution in [0.4, 0.5) is 11.4 Å². The third-order valence-corrected chi connectivity index (χ3v) is 6.19. The molecular formula is C21H22N4O3S. The second-order valence-electron chi connectivity index (χ2n) is 7.19. The fraction of sp³-hybridized carbons (Fsp3) is 0.333. The molecule has 150 valence electrons. The van der Waals surface area contributed by atoms with Crippen molar-refractivity contribution in [3.05, 3.63) is 51.4 Å². The Morgan fingerprint density at radius 2 is 1.93 bits per heavy atom. The van der Waals surface area contributed by atoms with Crippen LogP contribution in [-0.2, 0) is 29.0 Å². The number of anilines is 2. The number of thiophene rings is 1. The minimum Gasteiger partial charge on any atom is -0.326 e. The second kappa shape index (κ2) is 8.16. The van der Waals surface area contributed by atoms with Gasteiger partial charge in [0.2, 0.25) is 11.8 Å². The van der Waals surface area contributed by atoms with E-state index < -0.39 is 0 Å². The van der Waals surface area contributed by atoms with E-state index in [1.807, 2.05) is 0 Å². The standard InChI is InChI=1S/C21H22N4O3S/c1-13(26)23-14-5-4-6-15(11-14)24-18(27)9-10-25-12-22-20-19(21(25)28)16-7-2-3-8-17(16)29-20/h4-6,11-12H,2-3,7-10H2,1H3,(H,23,26)(H,24,27). The van der Waals surface area contributed by atoms with Gasteiger partial charge in [0.15, 0.2) is 0 Å². The van der Waals surface area contributed by atoms with Crippen LogP contribution in [0, 0.1) is 0 Å². The highest BCUT2D eigenvalue weighted by Gasteiger charge is 2.20. The number of fused-ring (bicyclic) bond motifs is 3. The van der Waals surface area contributed by atoms with E-state index in [9.17, 15) is 14.4 Å². The lowest BCUT2D eigenvalue weighted by Crippen LogP contribution is -2.24. The summed E-state index contributed by atoms with van der Waals surface area (Å²) in [5.74, 6) is -0.379.